The average molecular weight is 232 g/mol. The van der Waals surface area contributed by atoms with Gasteiger partial charge in [0.05, 0.1) is 0 Å². The van der Waals surface area contributed by atoms with Gasteiger partial charge >= 0.3 is 87.0 Å². The fourth-order valence-corrected chi connectivity index (χ4v) is 0. The van der Waals surface area contributed by atoms with E-state index in [4.69, 9.17) is 14.1 Å². The topological polar surface area (TPSA) is 63.2 Å². The second-order valence-corrected chi connectivity index (χ2v) is 0.750. The van der Waals surface area contributed by atoms with Crippen LogP contribution in [0.5, 0.6) is 0 Å². The summed E-state index contributed by atoms with van der Waals surface area (Å²) in [4.78, 5) is 17.0. The minimum atomic E-state index is -3.63. The van der Waals surface area contributed by atoms with E-state index in [0.29, 0.717) is 0 Å². The second kappa shape index (κ2) is 15.8. The first-order valence-electron chi connectivity index (χ1n) is 0.612. The van der Waals surface area contributed by atoms with Crippen molar-refractivity contribution in [3.8, 4) is 0 Å². The van der Waals surface area contributed by atoms with E-state index < -0.39 is 9.17 Å². The van der Waals surface area contributed by atoms with Gasteiger partial charge in [-0.1, -0.05) is 0 Å². The van der Waals surface area contributed by atoms with Gasteiger partial charge in [-0.3, -0.25) is 0 Å². The summed E-state index contributed by atoms with van der Waals surface area (Å²) < 4.78 is 8.52. The van der Waals surface area contributed by atoms with Crippen LogP contribution in [0.25, 0.3) is 0 Å². The molecule has 0 aliphatic heterocycles. The van der Waals surface area contributed by atoms with Crippen LogP contribution < -0.4 is 9.59 Å². The van der Waals surface area contributed by atoms with E-state index >= 15 is 0 Å². The zero-order valence-electron chi connectivity index (χ0n) is 3.64. The molecule has 0 amide bonds. The van der Waals surface area contributed by atoms with Crippen LogP contribution in [0.4, 0.5) is 0 Å². The first kappa shape index (κ1) is 22.7. The van der Waals surface area contributed by atoms with Crippen LogP contribution in [0, 0.1) is 0 Å². The molecular formula is CaMgO3SiZr+4. The molecule has 0 aromatic heterocycles. The molecule has 0 atom stereocenters. The molecule has 0 rings (SSSR count). The van der Waals surface area contributed by atoms with Crippen LogP contribution in [0.3, 0.4) is 0 Å². The van der Waals surface area contributed by atoms with Gasteiger partial charge in [0.25, 0.3) is 0 Å². The van der Waals surface area contributed by atoms with Gasteiger partial charge < -0.3 is 14.1 Å². The third-order valence-electron chi connectivity index (χ3n) is 0. The summed E-state index contributed by atoms with van der Waals surface area (Å²) in [5.41, 5.74) is 0. The molecule has 0 aliphatic rings. The summed E-state index contributed by atoms with van der Waals surface area (Å²) >= 11 is 0. The maximum Gasteiger partial charge on any atom is 2.00 e. The molecule has 0 unspecified atom stereocenters. The Hall–Kier alpha value is 2.53. The molecular weight excluding hydrogens is 232 g/mol. The molecule has 3 nitrogen and oxygen atoms in total. The summed E-state index contributed by atoms with van der Waals surface area (Å²) in [5.74, 6) is 0. The Kier molecular flexibility index (Phi) is 51.2. The van der Waals surface area contributed by atoms with Gasteiger partial charge in [0, 0.05) is 9.17 Å². The third kappa shape index (κ3) is 56.9. The van der Waals surface area contributed by atoms with E-state index in [1.807, 2.05) is 0 Å². The molecule has 7 heavy (non-hydrogen) atoms. The van der Waals surface area contributed by atoms with Crippen molar-refractivity contribution in [3.05, 3.63) is 0 Å². The maximum absolute atomic E-state index is 8.52. The minimum absolute atomic E-state index is 0. The van der Waals surface area contributed by atoms with Crippen molar-refractivity contribution in [2.45, 2.75) is 0 Å². The molecule has 0 saturated heterocycles. The maximum atomic E-state index is 8.52. The molecule has 0 spiro atoms. The molecule has 0 aromatic rings. The molecule has 0 saturated carbocycles. The third-order valence-corrected chi connectivity index (χ3v) is 0. The monoisotopic (exact) mass is 230 g/mol. The van der Waals surface area contributed by atoms with E-state index in [1.54, 1.807) is 0 Å². The van der Waals surface area contributed by atoms with E-state index in [0.717, 1.165) is 0 Å². The van der Waals surface area contributed by atoms with E-state index in [-0.39, 0.29) is 87.0 Å². The first-order valence-corrected chi connectivity index (χ1v) is 1.84. The van der Waals surface area contributed by atoms with Gasteiger partial charge in [0.15, 0.2) is 0 Å². The predicted molar refractivity (Wildman–Crippen MR) is 17.9 cm³/mol. The van der Waals surface area contributed by atoms with Crippen molar-refractivity contribution < 1.29 is 40.3 Å². The molecule has 0 heterocycles. The molecule has 0 radical (unpaired) electrons. The summed E-state index contributed by atoms with van der Waals surface area (Å²) in [7, 11) is -3.63. The largest absolute Gasteiger partial charge is 2.00 e. The fourth-order valence-electron chi connectivity index (χ4n) is 0. The Morgan fingerprint density at radius 3 is 1.29 bits per heavy atom. The van der Waals surface area contributed by atoms with Gasteiger partial charge in [-0.05, 0) is 0 Å². The van der Waals surface area contributed by atoms with Gasteiger partial charge in [-0.25, -0.2) is 0 Å². The Balaban J connectivity index is -0.0000000150. The molecule has 0 aliphatic carbocycles. The van der Waals surface area contributed by atoms with Crippen molar-refractivity contribution in [3.63, 3.8) is 0 Å². The van der Waals surface area contributed by atoms with Gasteiger partial charge in [0.1, 0.15) is 0 Å². The van der Waals surface area contributed by atoms with Crippen LogP contribution in [-0.4, -0.2) is 70.0 Å². The van der Waals surface area contributed by atoms with Crippen molar-refractivity contribution >= 4 is 70.0 Å². The van der Waals surface area contributed by atoms with Gasteiger partial charge in [0.2, 0.25) is 0 Å². The van der Waals surface area contributed by atoms with E-state index in [9.17, 15) is 0 Å². The predicted octanol–water partition coefficient (Wildman–Crippen LogP) is -3.64. The Labute approximate surface area is 108 Å². The standard InChI is InChI=1S/Ca.Mg.O3Si.Zr/c;;1-4(2)3;/q2*+2;-2;+2. The first-order chi connectivity index (χ1) is 1.73. The van der Waals surface area contributed by atoms with Crippen LogP contribution in [-0.2, 0) is 30.7 Å². The zero-order valence-corrected chi connectivity index (χ0v) is 10.7. The SMILES string of the molecule is O=[Si]([O-])[O-].[Ca+2].[Mg+2].[Zr+2]. The summed E-state index contributed by atoms with van der Waals surface area (Å²) in [6, 6.07) is 0. The Bertz CT molecular complexity index is 37.9. The van der Waals surface area contributed by atoms with Gasteiger partial charge in [-0.15, -0.1) is 0 Å². The quantitative estimate of drug-likeness (QED) is 0.404. The fraction of sp³-hybridized carbons (Fsp3) is 0. The molecule has 7 heteroatoms. The summed E-state index contributed by atoms with van der Waals surface area (Å²) in [6.45, 7) is 0. The molecule has 0 aromatic carbocycles. The molecule has 0 bridgehead atoms. The average Bonchev–Trinajstić information content (AvgIpc) is 0.811. The van der Waals surface area contributed by atoms with Crippen molar-refractivity contribution in [1.29, 1.82) is 0 Å². The van der Waals surface area contributed by atoms with Crippen LogP contribution >= 0.6 is 0 Å². The number of hydrogen-bond acceptors (Lipinski definition) is 3. The second-order valence-electron chi connectivity index (χ2n) is 0.250. The van der Waals surface area contributed by atoms with Crippen LogP contribution in [0.1, 0.15) is 0 Å². The van der Waals surface area contributed by atoms with Crippen molar-refractivity contribution in [2.24, 2.45) is 0 Å². The van der Waals surface area contributed by atoms with Crippen molar-refractivity contribution in [2.75, 3.05) is 0 Å². The molecule has 26 valence electrons. The number of rotatable bonds is 0. The minimum Gasteiger partial charge on any atom is -0.672 e. The van der Waals surface area contributed by atoms with Crippen LogP contribution in [0.2, 0.25) is 0 Å². The normalized spacial score (nSPS) is 3.43. The van der Waals surface area contributed by atoms with Crippen LogP contribution in [0.15, 0.2) is 0 Å². The zero-order chi connectivity index (χ0) is 3.58. The van der Waals surface area contributed by atoms with Crippen molar-refractivity contribution in [1.82, 2.24) is 0 Å². The number of hydrogen-bond donors (Lipinski definition) is 0. The Morgan fingerprint density at radius 1 is 1.29 bits per heavy atom. The van der Waals surface area contributed by atoms with E-state index in [1.165, 1.54) is 0 Å². The summed E-state index contributed by atoms with van der Waals surface area (Å²) in [6.07, 6.45) is 0. The smallest absolute Gasteiger partial charge is 0.672 e. The molecule has 0 N–H and O–H groups in total. The Morgan fingerprint density at radius 2 is 1.29 bits per heavy atom. The molecule has 0 fully saturated rings. The van der Waals surface area contributed by atoms with Gasteiger partial charge in [-0.2, -0.15) is 0 Å². The van der Waals surface area contributed by atoms with E-state index in [2.05, 4.69) is 0 Å². The summed E-state index contributed by atoms with van der Waals surface area (Å²) in [5, 5.41) is 0.